The average Bonchev–Trinajstić information content (AvgIpc) is 3.02. The first kappa shape index (κ1) is 17.1. The largest absolute Gasteiger partial charge is 0.391 e. The van der Waals surface area contributed by atoms with Gasteiger partial charge in [0.1, 0.15) is 5.82 Å². The van der Waals surface area contributed by atoms with Gasteiger partial charge in [-0.3, -0.25) is 9.59 Å². The summed E-state index contributed by atoms with van der Waals surface area (Å²) in [6, 6.07) is 12.1. The van der Waals surface area contributed by atoms with Crippen LogP contribution in [0.15, 0.2) is 48.5 Å². The van der Waals surface area contributed by atoms with Gasteiger partial charge in [0.25, 0.3) is 11.8 Å². The smallest absolute Gasteiger partial charge is 0.254 e. The Labute approximate surface area is 145 Å². The molecule has 25 heavy (non-hydrogen) atoms. The molecule has 1 aliphatic heterocycles. The number of amides is 2. The van der Waals surface area contributed by atoms with E-state index in [2.05, 4.69) is 5.32 Å². The molecule has 0 bridgehead atoms. The summed E-state index contributed by atoms with van der Waals surface area (Å²) >= 11 is 0. The third kappa shape index (κ3) is 3.53. The van der Waals surface area contributed by atoms with Crippen LogP contribution in [0.3, 0.4) is 0 Å². The molecule has 1 fully saturated rings. The van der Waals surface area contributed by atoms with Crippen molar-refractivity contribution in [3.63, 3.8) is 0 Å². The molecule has 2 amide bonds. The lowest BCUT2D eigenvalue weighted by atomic mass is 10.0. The highest BCUT2D eigenvalue weighted by Crippen LogP contribution is 2.33. The number of hydrogen-bond acceptors (Lipinski definition) is 3. The maximum absolute atomic E-state index is 13.2. The molecule has 2 N–H and O–H groups in total. The molecule has 130 valence electrons. The van der Waals surface area contributed by atoms with Crippen LogP contribution in [0, 0.1) is 5.82 Å². The van der Waals surface area contributed by atoms with Gasteiger partial charge in [0.15, 0.2) is 0 Å². The number of nitrogens with one attached hydrogen (secondary N) is 1. The van der Waals surface area contributed by atoms with Gasteiger partial charge in [-0.25, -0.2) is 4.39 Å². The predicted molar refractivity (Wildman–Crippen MR) is 90.6 cm³/mol. The van der Waals surface area contributed by atoms with Crippen LogP contribution in [-0.4, -0.2) is 41.5 Å². The Morgan fingerprint density at radius 3 is 2.52 bits per heavy atom. The zero-order chi connectivity index (χ0) is 18.0. The van der Waals surface area contributed by atoms with E-state index in [4.69, 9.17) is 0 Å². The van der Waals surface area contributed by atoms with Crippen molar-refractivity contribution in [1.82, 2.24) is 10.2 Å². The van der Waals surface area contributed by atoms with E-state index in [1.165, 1.54) is 25.2 Å². The number of carbonyl (C=O) groups is 2. The van der Waals surface area contributed by atoms with Crippen molar-refractivity contribution in [3.8, 4) is 0 Å². The number of likely N-dealkylation sites (tertiary alicyclic amines) is 1. The summed E-state index contributed by atoms with van der Waals surface area (Å²) in [4.78, 5) is 26.3. The van der Waals surface area contributed by atoms with Crippen LogP contribution < -0.4 is 5.32 Å². The second kappa shape index (κ2) is 7.03. The highest BCUT2D eigenvalue weighted by molar-refractivity contribution is 5.99. The lowest BCUT2D eigenvalue weighted by Crippen LogP contribution is -2.32. The summed E-state index contributed by atoms with van der Waals surface area (Å²) in [5, 5.41) is 12.6. The first-order valence-corrected chi connectivity index (χ1v) is 8.06. The highest BCUT2D eigenvalue weighted by Gasteiger charge is 2.35. The number of benzene rings is 2. The zero-order valence-electron chi connectivity index (χ0n) is 13.8. The van der Waals surface area contributed by atoms with Gasteiger partial charge in [0, 0.05) is 24.7 Å². The molecule has 1 heterocycles. The van der Waals surface area contributed by atoms with Gasteiger partial charge in [0.2, 0.25) is 0 Å². The minimum atomic E-state index is -0.638. The van der Waals surface area contributed by atoms with Crippen molar-refractivity contribution in [2.45, 2.75) is 18.6 Å². The zero-order valence-corrected chi connectivity index (χ0v) is 13.8. The van der Waals surface area contributed by atoms with Crippen LogP contribution in [0.25, 0.3) is 0 Å². The maximum Gasteiger partial charge on any atom is 0.254 e. The fourth-order valence-corrected chi connectivity index (χ4v) is 3.14. The number of aliphatic hydroxyl groups is 1. The van der Waals surface area contributed by atoms with Gasteiger partial charge in [-0.2, -0.15) is 0 Å². The Morgan fingerprint density at radius 2 is 1.84 bits per heavy atom. The number of nitrogens with zero attached hydrogens (tertiary/aromatic N) is 1. The molecule has 2 aromatic carbocycles. The molecule has 2 atom stereocenters. The number of halogens is 1. The Balaban J connectivity index is 1.89. The molecule has 0 radical (unpaired) electrons. The molecular weight excluding hydrogens is 323 g/mol. The molecule has 0 aliphatic carbocycles. The molecule has 0 unspecified atom stereocenters. The van der Waals surface area contributed by atoms with Crippen molar-refractivity contribution in [3.05, 3.63) is 71.0 Å². The molecular formula is C19H19FN2O3. The standard InChI is InChI=1S/C19H19FN2O3/c1-21-18(24)13-3-2-4-14(9-13)19(25)22-11-16(23)10-17(22)12-5-7-15(20)8-6-12/h2-9,16-17,23H,10-11H2,1H3,(H,21,24)/t16-,17+/m1/s1. The topological polar surface area (TPSA) is 69.6 Å². The molecule has 0 saturated carbocycles. The van der Waals surface area contributed by atoms with Crippen molar-refractivity contribution in [1.29, 1.82) is 0 Å². The van der Waals surface area contributed by atoms with Crippen LogP contribution in [0.5, 0.6) is 0 Å². The minimum absolute atomic E-state index is 0.199. The first-order chi connectivity index (χ1) is 12.0. The third-order valence-corrected chi connectivity index (χ3v) is 4.39. The Morgan fingerprint density at radius 1 is 1.16 bits per heavy atom. The molecule has 2 aromatic rings. The minimum Gasteiger partial charge on any atom is -0.391 e. The summed E-state index contributed by atoms with van der Waals surface area (Å²) in [5.74, 6) is -0.888. The van der Waals surface area contributed by atoms with Gasteiger partial charge < -0.3 is 15.3 Å². The molecule has 5 nitrogen and oxygen atoms in total. The summed E-state index contributed by atoms with van der Waals surface area (Å²) in [7, 11) is 1.53. The summed E-state index contributed by atoms with van der Waals surface area (Å²) in [6.45, 7) is 0.199. The SMILES string of the molecule is CNC(=O)c1cccc(C(=O)N2C[C@H](O)C[C@H]2c2ccc(F)cc2)c1. The molecule has 0 aromatic heterocycles. The Hall–Kier alpha value is -2.73. The van der Waals surface area contributed by atoms with Crippen LogP contribution in [0.2, 0.25) is 0 Å². The van der Waals surface area contributed by atoms with E-state index in [0.29, 0.717) is 17.5 Å². The van der Waals surface area contributed by atoms with Crippen molar-refractivity contribution < 1.29 is 19.1 Å². The number of rotatable bonds is 3. The maximum atomic E-state index is 13.2. The third-order valence-electron chi connectivity index (χ3n) is 4.39. The number of β-amino-alcohol motifs (C(OH)–C–C–N with tert-alkyl or cyclic N) is 1. The Kier molecular flexibility index (Phi) is 4.81. The van der Waals surface area contributed by atoms with Crippen molar-refractivity contribution in [2.24, 2.45) is 0 Å². The predicted octanol–water partition coefficient (Wildman–Crippen LogP) is 2.13. The number of carbonyl (C=O) groups excluding carboxylic acids is 2. The summed E-state index contributed by atoms with van der Waals surface area (Å²) < 4.78 is 13.2. The van der Waals surface area contributed by atoms with Crippen molar-refractivity contribution >= 4 is 11.8 Å². The summed E-state index contributed by atoms with van der Waals surface area (Å²) in [6.07, 6.45) is -0.242. The van der Waals surface area contributed by atoms with Crippen LogP contribution in [0.1, 0.15) is 38.7 Å². The van der Waals surface area contributed by atoms with Gasteiger partial charge in [-0.05, 0) is 42.3 Å². The van der Waals surface area contributed by atoms with Gasteiger partial charge in [-0.1, -0.05) is 18.2 Å². The first-order valence-electron chi connectivity index (χ1n) is 8.06. The van der Waals surface area contributed by atoms with E-state index < -0.39 is 6.10 Å². The van der Waals surface area contributed by atoms with Gasteiger partial charge in [0.05, 0.1) is 12.1 Å². The molecule has 1 aliphatic rings. The van der Waals surface area contributed by atoms with E-state index in [0.717, 1.165) is 5.56 Å². The second-order valence-corrected chi connectivity index (χ2v) is 6.07. The number of hydrogen-bond donors (Lipinski definition) is 2. The molecule has 3 rings (SSSR count). The van der Waals surface area contributed by atoms with E-state index >= 15 is 0 Å². The lowest BCUT2D eigenvalue weighted by Gasteiger charge is -2.25. The fourth-order valence-electron chi connectivity index (χ4n) is 3.14. The summed E-state index contributed by atoms with van der Waals surface area (Å²) in [5.41, 5.74) is 1.54. The molecule has 1 saturated heterocycles. The van der Waals surface area contributed by atoms with E-state index in [9.17, 15) is 19.1 Å². The average molecular weight is 342 g/mol. The quantitative estimate of drug-likeness (QED) is 0.898. The molecule has 0 spiro atoms. The fraction of sp³-hybridized carbons (Fsp3) is 0.263. The molecule has 6 heteroatoms. The monoisotopic (exact) mass is 342 g/mol. The van der Waals surface area contributed by atoms with E-state index in [1.54, 1.807) is 35.2 Å². The van der Waals surface area contributed by atoms with E-state index in [-0.39, 0.29) is 30.2 Å². The van der Waals surface area contributed by atoms with Crippen LogP contribution in [-0.2, 0) is 0 Å². The van der Waals surface area contributed by atoms with Gasteiger partial charge >= 0.3 is 0 Å². The van der Waals surface area contributed by atoms with Crippen LogP contribution >= 0.6 is 0 Å². The van der Waals surface area contributed by atoms with Crippen molar-refractivity contribution in [2.75, 3.05) is 13.6 Å². The van der Waals surface area contributed by atoms with E-state index in [1.807, 2.05) is 0 Å². The lowest BCUT2D eigenvalue weighted by molar-refractivity contribution is 0.0716. The highest BCUT2D eigenvalue weighted by atomic mass is 19.1. The van der Waals surface area contributed by atoms with Gasteiger partial charge in [-0.15, -0.1) is 0 Å². The Bertz CT molecular complexity index is 792. The second-order valence-electron chi connectivity index (χ2n) is 6.07. The normalized spacial score (nSPS) is 19.7. The van der Waals surface area contributed by atoms with Crippen LogP contribution in [0.4, 0.5) is 4.39 Å². The number of aliphatic hydroxyl groups excluding tert-OH is 1.